The Morgan fingerprint density at radius 3 is 2.55 bits per heavy atom. The van der Waals surface area contributed by atoms with E-state index >= 15 is 0 Å². The predicted molar refractivity (Wildman–Crippen MR) is 129 cm³/mol. The Balaban J connectivity index is 1.50. The fourth-order valence-electron chi connectivity index (χ4n) is 3.68. The van der Waals surface area contributed by atoms with Crippen molar-refractivity contribution >= 4 is 40.1 Å². The van der Waals surface area contributed by atoms with Gasteiger partial charge >= 0.3 is 0 Å². The Kier molecular flexibility index (Phi) is 5.51. The van der Waals surface area contributed by atoms with E-state index in [1.54, 1.807) is 18.2 Å². The number of thioether (sulfide) groups is 1. The molecule has 2 aromatic heterocycles. The Morgan fingerprint density at radius 2 is 1.79 bits per heavy atom. The van der Waals surface area contributed by atoms with Crippen LogP contribution in [0.4, 0.5) is 10.1 Å². The quantitative estimate of drug-likeness (QED) is 0.377. The van der Waals surface area contributed by atoms with Crippen LogP contribution in [0.15, 0.2) is 95.9 Å². The van der Waals surface area contributed by atoms with Gasteiger partial charge in [-0.2, -0.15) is 5.26 Å². The summed E-state index contributed by atoms with van der Waals surface area (Å²) in [5.41, 5.74) is 3.98. The zero-order valence-corrected chi connectivity index (χ0v) is 18.2. The summed E-state index contributed by atoms with van der Waals surface area (Å²) in [6, 6.07) is 23.2. The van der Waals surface area contributed by atoms with Crippen LogP contribution in [0.5, 0.6) is 0 Å². The van der Waals surface area contributed by atoms with Crippen molar-refractivity contribution < 1.29 is 9.18 Å². The zero-order valence-electron chi connectivity index (χ0n) is 17.4. The summed E-state index contributed by atoms with van der Waals surface area (Å²) in [5.74, 6) is -0.209. The van der Waals surface area contributed by atoms with Crippen LogP contribution in [0.1, 0.15) is 16.7 Å². The maximum Gasteiger partial charge on any atom is 0.283 e. The van der Waals surface area contributed by atoms with Gasteiger partial charge in [-0.1, -0.05) is 48.2 Å². The lowest BCUT2D eigenvalue weighted by Gasteiger charge is -2.17. The number of amides is 1. The fourth-order valence-corrected chi connectivity index (χ4v) is 4.66. The molecule has 33 heavy (non-hydrogen) atoms. The van der Waals surface area contributed by atoms with Gasteiger partial charge in [0.1, 0.15) is 17.6 Å². The van der Waals surface area contributed by atoms with E-state index in [4.69, 9.17) is 0 Å². The molecule has 5 nitrogen and oxygen atoms in total. The van der Waals surface area contributed by atoms with Gasteiger partial charge in [-0.3, -0.25) is 9.69 Å². The number of pyridine rings is 1. The van der Waals surface area contributed by atoms with Gasteiger partial charge in [0.25, 0.3) is 5.91 Å². The number of carbonyl (C=O) groups is 1. The Morgan fingerprint density at radius 1 is 1.03 bits per heavy atom. The predicted octanol–water partition coefficient (Wildman–Crippen LogP) is 5.63. The van der Waals surface area contributed by atoms with E-state index in [0.29, 0.717) is 27.9 Å². The van der Waals surface area contributed by atoms with Gasteiger partial charge in [-0.05, 0) is 53.6 Å². The molecule has 0 fully saturated rings. The van der Waals surface area contributed by atoms with Gasteiger partial charge in [-0.15, -0.1) is 0 Å². The number of fused-ring (bicyclic) bond motifs is 1. The van der Waals surface area contributed by atoms with Crippen LogP contribution in [0.25, 0.3) is 11.6 Å². The van der Waals surface area contributed by atoms with E-state index in [0.717, 1.165) is 16.6 Å². The third-order valence-electron chi connectivity index (χ3n) is 5.25. The van der Waals surface area contributed by atoms with Crippen LogP contribution >= 0.6 is 11.8 Å². The van der Waals surface area contributed by atoms with Crippen molar-refractivity contribution in [1.29, 1.82) is 5.26 Å². The van der Waals surface area contributed by atoms with E-state index in [9.17, 15) is 14.4 Å². The van der Waals surface area contributed by atoms with E-state index in [2.05, 4.69) is 11.1 Å². The number of rotatable bonds is 4. The summed E-state index contributed by atoms with van der Waals surface area (Å²) in [7, 11) is 0. The van der Waals surface area contributed by atoms with Crippen LogP contribution in [0, 0.1) is 17.1 Å². The smallest absolute Gasteiger partial charge is 0.283 e. The molecule has 0 radical (unpaired) electrons. The monoisotopic (exact) mass is 452 g/mol. The second kappa shape index (κ2) is 8.77. The van der Waals surface area contributed by atoms with E-state index in [1.807, 2.05) is 65.3 Å². The fraction of sp³-hybridized carbons (Fsp3) is 0.0385. The molecule has 1 aliphatic rings. The third-order valence-corrected chi connectivity index (χ3v) is 6.24. The minimum Gasteiger partial charge on any atom is -0.322 e. The molecule has 160 valence electrons. The zero-order chi connectivity index (χ0) is 22.8. The molecule has 0 bridgehead atoms. The summed E-state index contributed by atoms with van der Waals surface area (Å²) in [6.45, 7) is 0. The molecule has 0 atom stereocenters. The molecule has 1 amide bonds. The lowest BCUT2D eigenvalue weighted by molar-refractivity contribution is -0.113. The van der Waals surface area contributed by atoms with Crippen molar-refractivity contribution in [3.8, 4) is 6.07 Å². The number of halogens is 1. The van der Waals surface area contributed by atoms with Crippen molar-refractivity contribution in [2.75, 3.05) is 4.90 Å². The Bertz CT molecular complexity index is 1450. The lowest BCUT2D eigenvalue weighted by Crippen LogP contribution is -2.30. The number of carbonyl (C=O) groups excluding carboxylic acids is 1. The van der Waals surface area contributed by atoms with Crippen LogP contribution in [-0.2, 0) is 10.5 Å². The molecule has 0 spiro atoms. The average Bonchev–Trinajstić information content (AvgIpc) is 3.35. The van der Waals surface area contributed by atoms with Crippen molar-refractivity contribution in [2.24, 2.45) is 4.99 Å². The van der Waals surface area contributed by atoms with Gasteiger partial charge in [0.15, 0.2) is 5.17 Å². The molecule has 0 saturated carbocycles. The van der Waals surface area contributed by atoms with Gasteiger partial charge in [0.2, 0.25) is 0 Å². The summed E-state index contributed by atoms with van der Waals surface area (Å²) >= 11 is 1.36. The maximum atomic E-state index is 13.5. The summed E-state index contributed by atoms with van der Waals surface area (Å²) in [6.07, 6.45) is 5.55. The van der Waals surface area contributed by atoms with E-state index in [1.165, 1.54) is 28.8 Å². The number of anilines is 1. The van der Waals surface area contributed by atoms with Gasteiger partial charge in [-0.25, -0.2) is 9.38 Å². The third kappa shape index (κ3) is 4.04. The molecule has 0 unspecified atom stereocenters. The number of nitrogens with zero attached hydrogens (tertiary/aromatic N) is 4. The van der Waals surface area contributed by atoms with Crippen molar-refractivity contribution in [3.05, 3.63) is 113 Å². The highest BCUT2D eigenvalue weighted by molar-refractivity contribution is 8.13. The molecule has 0 aliphatic carbocycles. The van der Waals surface area contributed by atoms with Crippen LogP contribution < -0.4 is 4.90 Å². The first kappa shape index (κ1) is 20.7. The second-order valence-corrected chi connectivity index (χ2v) is 8.32. The number of benzene rings is 2. The van der Waals surface area contributed by atoms with Crippen LogP contribution in [-0.4, -0.2) is 15.5 Å². The van der Waals surface area contributed by atoms with Gasteiger partial charge < -0.3 is 4.40 Å². The van der Waals surface area contributed by atoms with Gasteiger partial charge in [0, 0.05) is 18.1 Å². The number of nitriles is 1. The average molecular weight is 453 g/mol. The van der Waals surface area contributed by atoms with E-state index < -0.39 is 0 Å². The highest BCUT2D eigenvalue weighted by Gasteiger charge is 2.32. The van der Waals surface area contributed by atoms with Crippen molar-refractivity contribution in [1.82, 2.24) is 4.40 Å². The standard InChI is InChI=1S/C26H17FN4OS/c27-20-9-11-21(12-10-20)31-25(32)23(14-18-6-2-1-3-7-18)29-26(31)33-17-19-16-30-13-5-4-8-24(30)22(19)15-28/h1-14,16H,17H2/b23-14+. The van der Waals surface area contributed by atoms with Crippen LogP contribution in [0.2, 0.25) is 0 Å². The first-order chi connectivity index (χ1) is 16.1. The lowest BCUT2D eigenvalue weighted by atomic mass is 10.2. The molecule has 2 aromatic carbocycles. The summed E-state index contributed by atoms with van der Waals surface area (Å²) in [5, 5.41) is 10.2. The highest BCUT2D eigenvalue weighted by Crippen LogP contribution is 2.32. The van der Waals surface area contributed by atoms with Crippen molar-refractivity contribution in [2.45, 2.75) is 5.75 Å². The molecule has 7 heteroatoms. The number of aliphatic imine (C=N–C) groups is 1. The first-order valence-corrected chi connectivity index (χ1v) is 11.2. The second-order valence-electron chi connectivity index (χ2n) is 7.37. The first-order valence-electron chi connectivity index (χ1n) is 10.2. The molecule has 0 N–H and O–H groups in total. The summed E-state index contributed by atoms with van der Waals surface area (Å²) < 4.78 is 15.4. The molecule has 0 saturated heterocycles. The summed E-state index contributed by atoms with van der Waals surface area (Å²) in [4.78, 5) is 19.4. The molecule has 4 aromatic rings. The van der Waals surface area contributed by atoms with Gasteiger partial charge in [0.05, 0.1) is 16.8 Å². The maximum absolute atomic E-state index is 13.5. The minimum atomic E-state index is -0.379. The van der Waals surface area contributed by atoms with Crippen molar-refractivity contribution in [3.63, 3.8) is 0 Å². The Hall–Kier alpha value is -4.15. The molecule has 5 rings (SSSR count). The topological polar surface area (TPSA) is 60.9 Å². The number of hydrogen-bond acceptors (Lipinski definition) is 4. The Labute approximate surface area is 194 Å². The highest BCUT2D eigenvalue weighted by atomic mass is 32.2. The SMILES string of the molecule is N#Cc1c(CSC2=N/C(=C/c3ccccc3)C(=O)N2c2ccc(F)cc2)cn2ccccc12. The van der Waals surface area contributed by atoms with E-state index in [-0.39, 0.29) is 11.7 Å². The normalized spacial score (nSPS) is 14.7. The molecule has 1 aliphatic heterocycles. The molecular formula is C26H17FN4OS. The minimum absolute atomic E-state index is 0.282. The number of aromatic nitrogens is 1. The molecule has 3 heterocycles. The number of amidine groups is 1. The van der Waals surface area contributed by atoms with Crippen LogP contribution in [0.3, 0.4) is 0 Å². The molecular weight excluding hydrogens is 435 g/mol. The largest absolute Gasteiger partial charge is 0.322 e. The number of hydrogen-bond donors (Lipinski definition) is 0.